The van der Waals surface area contributed by atoms with Crippen LogP contribution in [0.5, 0.6) is 0 Å². The molecule has 5 aromatic rings. The first kappa shape index (κ1) is 26.7. The maximum Gasteiger partial charge on any atom is 0.270 e. The van der Waals surface area contributed by atoms with Crippen LogP contribution < -0.4 is 10.2 Å². The summed E-state index contributed by atoms with van der Waals surface area (Å²) in [4.78, 5) is 28.3. The minimum atomic E-state index is -0.571. The highest BCUT2D eigenvalue weighted by molar-refractivity contribution is 7.80. The van der Waals surface area contributed by atoms with Gasteiger partial charge in [0.2, 0.25) is 0 Å². The quantitative estimate of drug-likeness (QED) is 0.128. The number of carbonyl (C=O) groups excluding carboxylic acids is 2. The maximum absolute atomic E-state index is 13.8. The molecule has 0 unspecified atom stereocenters. The molecule has 0 aliphatic carbocycles. The average Bonchev–Trinajstić information content (AvgIpc) is 3.36. The van der Waals surface area contributed by atoms with E-state index in [0.29, 0.717) is 21.3 Å². The Morgan fingerprint density at radius 3 is 2.00 bits per heavy atom. The SMILES string of the molecule is O=C1NC(=S)N(c2cccc(Cl)c2)C(=O)/C1=C/c1cc(-c2ccccc2)n(-c2ccc(Cl)cc2)c1-c1ccccc1. The number of nitrogens with zero attached hydrogens (tertiary/aromatic N) is 2. The van der Waals surface area contributed by atoms with Gasteiger partial charge in [-0.05, 0) is 78.0 Å². The second-order valence-electron chi connectivity index (χ2n) is 9.32. The predicted octanol–water partition coefficient (Wildman–Crippen LogP) is 7.95. The van der Waals surface area contributed by atoms with Gasteiger partial charge < -0.3 is 4.57 Å². The lowest BCUT2D eigenvalue weighted by Gasteiger charge is -2.29. The molecular formula is C33H21Cl2N3O2S. The zero-order valence-electron chi connectivity index (χ0n) is 21.4. The summed E-state index contributed by atoms with van der Waals surface area (Å²) < 4.78 is 2.11. The third-order valence-corrected chi connectivity index (χ3v) is 7.47. The average molecular weight is 595 g/mol. The van der Waals surface area contributed by atoms with Crippen LogP contribution in [0.1, 0.15) is 5.56 Å². The number of hydrogen-bond donors (Lipinski definition) is 1. The first-order valence-electron chi connectivity index (χ1n) is 12.7. The minimum Gasteiger partial charge on any atom is -0.309 e. The molecule has 2 heterocycles. The second kappa shape index (κ2) is 11.2. The number of amides is 2. The Bertz CT molecular complexity index is 1830. The Labute approximate surface area is 252 Å². The molecule has 0 saturated carbocycles. The summed E-state index contributed by atoms with van der Waals surface area (Å²) >= 11 is 17.8. The highest BCUT2D eigenvalue weighted by Crippen LogP contribution is 2.38. The van der Waals surface area contributed by atoms with Gasteiger partial charge in [0, 0.05) is 21.3 Å². The number of hydrogen-bond acceptors (Lipinski definition) is 3. The summed E-state index contributed by atoms with van der Waals surface area (Å²) in [5.74, 6) is -1.11. The van der Waals surface area contributed by atoms with Crippen molar-refractivity contribution in [3.63, 3.8) is 0 Å². The number of benzene rings is 4. The topological polar surface area (TPSA) is 54.3 Å². The smallest absolute Gasteiger partial charge is 0.270 e. The number of thiocarbonyl (C=S) groups is 1. The summed E-state index contributed by atoms with van der Waals surface area (Å²) in [6.07, 6.45) is 1.62. The first-order valence-corrected chi connectivity index (χ1v) is 13.9. The molecule has 0 atom stereocenters. The number of nitrogens with one attached hydrogen (secondary N) is 1. The number of halogens is 2. The van der Waals surface area contributed by atoms with Crippen molar-refractivity contribution in [2.45, 2.75) is 0 Å². The molecular weight excluding hydrogens is 573 g/mol. The summed E-state index contributed by atoms with van der Waals surface area (Å²) in [6.45, 7) is 0. The number of carbonyl (C=O) groups is 2. The summed E-state index contributed by atoms with van der Waals surface area (Å²) in [5.41, 5.74) is 5.52. The van der Waals surface area contributed by atoms with Crippen LogP contribution in [0.4, 0.5) is 5.69 Å². The summed E-state index contributed by atoms with van der Waals surface area (Å²) in [5, 5.41) is 3.72. The van der Waals surface area contributed by atoms with Crippen molar-refractivity contribution >= 4 is 64.1 Å². The second-order valence-corrected chi connectivity index (χ2v) is 10.6. The molecule has 0 bridgehead atoms. The van der Waals surface area contributed by atoms with E-state index < -0.39 is 11.8 Å². The van der Waals surface area contributed by atoms with E-state index in [1.165, 1.54) is 4.90 Å². The molecule has 41 heavy (non-hydrogen) atoms. The Hall–Kier alpha value is -4.49. The van der Waals surface area contributed by atoms with Gasteiger partial charge in [0.25, 0.3) is 11.8 Å². The largest absolute Gasteiger partial charge is 0.309 e. The van der Waals surface area contributed by atoms with Crippen LogP contribution >= 0.6 is 35.4 Å². The highest BCUT2D eigenvalue weighted by atomic mass is 35.5. The van der Waals surface area contributed by atoms with Crippen LogP contribution in [0.2, 0.25) is 10.0 Å². The fourth-order valence-corrected chi connectivity index (χ4v) is 5.47. The molecule has 5 nitrogen and oxygen atoms in total. The molecule has 0 spiro atoms. The van der Waals surface area contributed by atoms with Crippen molar-refractivity contribution in [3.05, 3.63) is 136 Å². The third kappa shape index (κ3) is 5.21. The van der Waals surface area contributed by atoms with Crippen LogP contribution in [0.3, 0.4) is 0 Å². The van der Waals surface area contributed by atoms with E-state index in [9.17, 15) is 9.59 Å². The van der Waals surface area contributed by atoms with Gasteiger partial charge in [-0.25, -0.2) is 0 Å². The van der Waals surface area contributed by atoms with Gasteiger partial charge in [0.1, 0.15) is 5.57 Å². The van der Waals surface area contributed by atoms with Crippen molar-refractivity contribution < 1.29 is 9.59 Å². The molecule has 4 aromatic carbocycles. The van der Waals surface area contributed by atoms with Gasteiger partial charge in [-0.15, -0.1) is 0 Å². The van der Waals surface area contributed by atoms with E-state index in [1.54, 1.807) is 30.3 Å². The lowest BCUT2D eigenvalue weighted by atomic mass is 10.0. The van der Waals surface area contributed by atoms with Crippen molar-refractivity contribution in [2.75, 3.05) is 4.90 Å². The van der Waals surface area contributed by atoms with E-state index in [0.717, 1.165) is 28.2 Å². The van der Waals surface area contributed by atoms with Crippen LogP contribution in [-0.2, 0) is 9.59 Å². The van der Waals surface area contributed by atoms with E-state index in [2.05, 4.69) is 9.88 Å². The molecule has 0 radical (unpaired) electrons. The summed E-state index contributed by atoms with van der Waals surface area (Å²) in [6, 6.07) is 36.1. The van der Waals surface area contributed by atoms with E-state index in [-0.39, 0.29) is 10.7 Å². The van der Waals surface area contributed by atoms with Crippen LogP contribution in [-0.4, -0.2) is 21.5 Å². The third-order valence-electron chi connectivity index (χ3n) is 6.70. The molecule has 1 aliphatic rings. The Morgan fingerprint density at radius 2 is 1.34 bits per heavy atom. The molecule has 6 rings (SSSR count). The maximum atomic E-state index is 13.8. The normalized spacial score (nSPS) is 14.4. The van der Waals surface area contributed by atoms with Gasteiger partial charge in [-0.2, -0.15) is 0 Å². The summed E-state index contributed by atoms with van der Waals surface area (Å²) in [7, 11) is 0. The lowest BCUT2D eigenvalue weighted by molar-refractivity contribution is -0.122. The number of rotatable bonds is 5. The van der Waals surface area contributed by atoms with Gasteiger partial charge in [0.05, 0.1) is 17.1 Å². The van der Waals surface area contributed by atoms with Gasteiger partial charge >= 0.3 is 0 Å². The molecule has 1 aromatic heterocycles. The van der Waals surface area contributed by atoms with Gasteiger partial charge in [-0.3, -0.25) is 19.8 Å². The molecule has 2 amide bonds. The van der Waals surface area contributed by atoms with Crippen LogP contribution in [0, 0.1) is 0 Å². The van der Waals surface area contributed by atoms with E-state index in [4.69, 9.17) is 35.4 Å². The fourth-order valence-electron chi connectivity index (χ4n) is 4.87. The zero-order valence-corrected chi connectivity index (χ0v) is 23.8. The van der Waals surface area contributed by atoms with Crippen molar-refractivity contribution in [1.29, 1.82) is 0 Å². The van der Waals surface area contributed by atoms with Crippen LogP contribution in [0.15, 0.2) is 121 Å². The lowest BCUT2D eigenvalue weighted by Crippen LogP contribution is -2.54. The Morgan fingerprint density at radius 1 is 0.683 bits per heavy atom. The first-order chi connectivity index (χ1) is 19.9. The van der Waals surface area contributed by atoms with Gasteiger partial charge in [-0.1, -0.05) is 89.9 Å². The van der Waals surface area contributed by atoms with Crippen molar-refractivity contribution in [3.8, 4) is 28.2 Å². The molecule has 1 aliphatic heterocycles. The van der Waals surface area contributed by atoms with E-state index in [1.807, 2.05) is 91.0 Å². The van der Waals surface area contributed by atoms with E-state index >= 15 is 0 Å². The Balaban J connectivity index is 1.60. The molecule has 200 valence electrons. The molecule has 1 fully saturated rings. The Kier molecular flexibility index (Phi) is 7.28. The molecule has 8 heteroatoms. The van der Waals surface area contributed by atoms with Crippen LogP contribution in [0.25, 0.3) is 34.3 Å². The fraction of sp³-hybridized carbons (Fsp3) is 0. The standard InChI is InChI=1S/C33H21Cl2N3O2S/c34-24-14-16-26(17-15-24)37-29(21-8-3-1-4-9-21)19-23(30(37)22-10-5-2-6-11-22)18-28-31(39)36-33(41)38(32(28)40)27-13-7-12-25(35)20-27/h1-20H,(H,36,39,41)/b28-18+. The predicted molar refractivity (Wildman–Crippen MR) is 169 cm³/mol. The number of anilines is 1. The zero-order chi connectivity index (χ0) is 28.5. The minimum absolute atomic E-state index is 0.00796. The monoisotopic (exact) mass is 593 g/mol. The van der Waals surface area contributed by atoms with Gasteiger partial charge in [0.15, 0.2) is 5.11 Å². The number of aromatic nitrogens is 1. The van der Waals surface area contributed by atoms with Crippen molar-refractivity contribution in [1.82, 2.24) is 9.88 Å². The molecule has 1 N–H and O–H groups in total. The van der Waals surface area contributed by atoms with Crippen molar-refractivity contribution in [2.24, 2.45) is 0 Å². The molecule has 1 saturated heterocycles. The highest BCUT2D eigenvalue weighted by Gasteiger charge is 2.35.